The molecule has 1 aliphatic heterocycles. The Morgan fingerprint density at radius 3 is 2.38 bits per heavy atom. The molecule has 8 heteroatoms. The maximum absolute atomic E-state index is 12.3. The van der Waals surface area contributed by atoms with Crippen LogP contribution in [0.3, 0.4) is 0 Å². The number of hydrogen-bond donors (Lipinski definition) is 0. The van der Waals surface area contributed by atoms with E-state index in [1.54, 1.807) is 29.2 Å². The van der Waals surface area contributed by atoms with Crippen molar-refractivity contribution in [1.29, 1.82) is 0 Å². The van der Waals surface area contributed by atoms with Crippen molar-refractivity contribution in [2.24, 2.45) is 0 Å². The molecule has 0 bridgehead atoms. The molecule has 0 aromatic heterocycles. The van der Waals surface area contributed by atoms with Crippen molar-refractivity contribution in [2.45, 2.75) is 0 Å². The SMILES string of the molecule is O=Cc1ccc(OCC(=O)OCC(=O)N2CCN(c3cccc(Cl)c3)CC2)cc1. The van der Waals surface area contributed by atoms with Crippen molar-refractivity contribution in [3.05, 3.63) is 59.1 Å². The number of carbonyl (C=O) groups excluding carboxylic acids is 3. The van der Waals surface area contributed by atoms with Crippen LogP contribution >= 0.6 is 11.6 Å². The largest absolute Gasteiger partial charge is 0.482 e. The highest BCUT2D eigenvalue weighted by atomic mass is 35.5. The average Bonchev–Trinajstić information content (AvgIpc) is 2.76. The van der Waals surface area contributed by atoms with Crippen molar-refractivity contribution < 1.29 is 23.9 Å². The van der Waals surface area contributed by atoms with Crippen molar-refractivity contribution in [3.8, 4) is 5.75 Å². The molecule has 2 aromatic rings. The van der Waals surface area contributed by atoms with Crippen molar-refractivity contribution in [1.82, 2.24) is 4.90 Å². The van der Waals surface area contributed by atoms with E-state index in [4.69, 9.17) is 21.1 Å². The summed E-state index contributed by atoms with van der Waals surface area (Å²) in [7, 11) is 0. The molecule has 1 amide bonds. The number of benzene rings is 2. The highest BCUT2D eigenvalue weighted by molar-refractivity contribution is 6.30. The van der Waals surface area contributed by atoms with E-state index in [1.165, 1.54) is 0 Å². The van der Waals surface area contributed by atoms with E-state index in [1.807, 2.05) is 24.3 Å². The Morgan fingerprint density at radius 2 is 1.72 bits per heavy atom. The minimum Gasteiger partial charge on any atom is -0.482 e. The van der Waals surface area contributed by atoms with Gasteiger partial charge in [0.2, 0.25) is 0 Å². The lowest BCUT2D eigenvalue weighted by Gasteiger charge is -2.36. The molecule has 0 N–H and O–H groups in total. The molecule has 152 valence electrons. The summed E-state index contributed by atoms with van der Waals surface area (Å²) in [4.78, 5) is 38.5. The maximum Gasteiger partial charge on any atom is 0.344 e. The van der Waals surface area contributed by atoms with Gasteiger partial charge in [0, 0.05) is 42.5 Å². The second-order valence-corrected chi connectivity index (χ2v) is 6.92. The van der Waals surface area contributed by atoms with E-state index < -0.39 is 5.97 Å². The third-order valence-electron chi connectivity index (χ3n) is 4.54. The van der Waals surface area contributed by atoms with Crippen LogP contribution in [0.5, 0.6) is 5.75 Å². The number of piperazine rings is 1. The molecule has 0 saturated carbocycles. The lowest BCUT2D eigenvalue weighted by Crippen LogP contribution is -2.50. The van der Waals surface area contributed by atoms with Gasteiger partial charge in [0.05, 0.1) is 0 Å². The topological polar surface area (TPSA) is 76.2 Å². The van der Waals surface area contributed by atoms with Crippen molar-refractivity contribution in [2.75, 3.05) is 44.3 Å². The van der Waals surface area contributed by atoms with Gasteiger partial charge >= 0.3 is 5.97 Å². The molecule has 7 nitrogen and oxygen atoms in total. The molecule has 29 heavy (non-hydrogen) atoms. The van der Waals surface area contributed by atoms with Crippen molar-refractivity contribution in [3.63, 3.8) is 0 Å². The van der Waals surface area contributed by atoms with Crippen LogP contribution in [0.1, 0.15) is 10.4 Å². The van der Waals surface area contributed by atoms with Crippen LogP contribution in [-0.2, 0) is 14.3 Å². The zero-order valence-corrected chi connectivity index (χ0v) is 16.5. The first kappa shape index (κ1) is 20.7. The second kappa shape index (κ2) is 9.93. The van der Waals surface area contributed by atoms with Crippen LogP contribution < -0.4 is 9.64 Å². The molecule has 1 saturated heterocycles. The summed E-state index contributed by atoms with van der Waals surface area (Å²) in [6.07, 6.45) is 0.721. The van der Waals surface area contributed by atoms with Gasteiger partial charge in [0.1, 0.15) is 12.0 Å². The van der Waals surface area contributed by atoms with Gasteiger partial charge in [-0.2, -0.15) is 0 Å². The number of rotatable bonds is 7. The Bertz CT molecular complexity index is 864. The van der Waals surface area contributed by atoms with Gasteiger partial charge in [-0.1, -0.05) is 17.7 Å². The Morgan fingerprint density at radius 1 is 1.00 bits per heavy atom. The molecule has 1 aliphatic rings. The summed E-state index contributed by atoms with van der Waals surface area (Å²) in [6.45, 7) is 1.82. The number of amides is 1. The van der Waals surface area contributed by atoms with Crippen LogP contribution in [0.4, 0.5) is 5.69 Å². The number of aldehydes is 1. The number of hydrogen-bond acceptors (Lipinski definition) is 6. The van der Waals surface area contributed by atoms with Gasteiger partial charge in [-0.3, -0.25) is 9.59 Å². The van der Waals surface area contributed by atoms with Gasteiger partial charge in [-0.25, -0.2) is 4.79 Å². The highest BCUT2D eigenvalue weighted by Gasteiger charge is 2.22. The molecule has 0 unspecified atom stereocenters. The predicted molar refractivity (Wildman–Crippen MR) is 109 cm³/mol. The molecule has 0 radical (unpaired) electrons. The van der Waals surface area contributed by atoms with Gasteiger partial charge in [0.15, 0.2) is 13.2 Å². The summed E-state index contributed by atoms with van der Waals surface area (Å²) in [5, 5.41) is 0.676. The average molecular weight is 417 g/mol. The summed E-state index contributed by atoms with van der Waals surface area (Å²) < 4.78 is 10.3. The van der Waals surface area contributed by atoms with E-state index in [2.05, 4.69) is 4.90 Å². The summed E-state index contributed by atoms with van der Waals surface area (Å²) in [5.41, 5.74) is 1.54. The third-order valence-corrected chi connectivity index (χ3v) is 4.77. The van der Waals surface area contributed by atoms with Crippen LogP contribution in [0.15, 0.2) is 48.5 Å². The Balaban J connectivity index is 1.38. The van der Waals surface area contributed by atoms with Gasteiger partial charge in [-0.05, 0) is 42.5 Å². The molecular formula is C21H21ClN2O5. The molecule has 0 aliphatic carbocycles. The van der Waals surface area contributed by atoms with Crippen LogP contribution in [-0.4, -0.2) is 62.5 Å². The maximum atomic E-state index is 12.3. The first-order valence-electron chi connectivity index (χ1n) is 9.17. The first-order chi connectivity index (χ1) is 14.0. The Labute approximate surface area is 173 Å². The number of anilines is 1. The minimum absolute atomic E-state index is 0.237. The monoisotopic (exact) mass is 416 g/mol. The van der Waals surface area contributed by atoms with E-state index in [0.717, 1.165) is 12.0 Å². The molecule has 2 aromatic carbocycles. The summed E-state index contributed by atoms with van der Waals surface area (Å²) in [6, 6.07) is 13.9. The normalized spacial score (nSPS) is 13.7. The zero-order chi connectivity index (χ0) is 20.6. The lowest BCUT2D eigenvalue weighted by atomic mass is 10.2. The summed E-state index contributed by atoms with van der Waals surface area (Å²) in [5.74, 6) is -0.425. The van der Waals surface area contributed by atoms with Gasteiger partial charge < -0.3 is 19.3 Å². The predicted octanol–water partition coefficient (Wildman–Crippen LogP) is 2.42. The highest BCUT2D eigenvalue weighted by Crippen LogP contribution is 2.20. The fraction of sp³-hybridized carbons (Fsp3) is 0.286. The number of halogens is 1. The summed E-state index contributed by atoms with van der Waals surface area (Å²) >= 11 is 6.03. The molecule has 3 rings (SSSR count). The number of ether oxygens (including phenoxy) is 2. The minimum atomic E-state index is -0.629. The molecule has 0 spiro atoms. The molecular weight excluding hydrogens is 396 g/mol. The second-order valence-electron chi connectivity index (χ2n) is 6.48. The van der Waals surface area contributed by atoms with Gasteiger partial charge in [0.25, 0.3) is 5.91 Å². The van der Waals surface area contributed by atoms with Crippen LogP contribution in [0, 0.1) is 0 Å². The fourth-order valence-corrected chi connectivity index (χ4v) is 3.13. The van der Waals surface area contributed by atoms with E-state index in [-0.39, 0.29) is 19.1 Å². The van der Waals surface area contributed by atoms with E-state index >= 15 is 0 Å². The van der Waals surface area contributed by atoms with E-state index in [0.29, 0.717) is 42.5 Å². The quantitative estimate of drug-likeness (QED) is 0.509. The number of nitrogens with zero attached hydrogens (tertiary/aromatic N) is 2. The Hall–Kier alpha value is -3.06. The number of carbonyl (C=O) groups is 3. The molecule has 0 atom stereocenters. The van der Waals surface area contributed by atoms with Crippen molar-refractivity contribution >= 4 is 35.5 Å². The smallest absolute Gasteiger partial charge is 0.344 e. The zero-order valence-electron chi connectivity index (χ0n) is 15.8. The van der Waals surface area contributed by atoms with Gasteiger partial charge in [-0.15, -0.1) is 0 Å². The van der Waals surface area contributed by atoms with E-state index in [9.17, 15) is 14.4 Å². The number of esters is 1. The standard InChI is InChI=1S/C21H21ClN2O5/c22-17-2-1-3-18(12-17)23-8-10-24(11-9-23)20(26)14-29-21(27)15-28-19-6-4-16(13-25)5-7-19/h1-7,12-13H,8-11,14-15H2. The van der Waals surface area contributed by atoms with Crippen LogP contribution in [0.2, 0.25) is 5.02 Å². The lowest BCUT2D eigenvalue weighted by molar-refractivity contribution is -0.153. The Kier molecular flexibility index (Phi) is 7.08. The molecule has 1 fully saturated rings. The molecule has 1 heterocycles. The van der Waals surface area contributed by atoms with Crippen LogP contribution in [0.25, 0.3) is 0 Å². The fourth-order valence-electron chi connectivity index (χ4n) is 2.95. The third kappa shape index (κ3) is 5.96. The first-order valence-corrected chi connectivity index (χ1v) is 9.55.